The predicted molar refractivity (Wildman–Crippen MR) is 24.1 cm³/mol. The number of halogens is 8. The van der Waals surface area contributed by atoms with Crippen molar-refractivity contribution < 1.29 is 44.9 Å². The predicted octanol–water partition coefficient (Wildman–Crippen LogP) is 2.65. The van der Waals surface area contributed by atoms with E-state index >= 15 is 0 Å². The second-order valence-electron chi connectivity index (χ2n) is 1.94. The number of hydrogen-bond acceptors (Lipinski definition) is 2. The molecule has 10 heteroatoms. The molecule has 0 rings (SSSR count). The van der Waals surface area contributed by atoms with Crippen molar-refractivity contribution in [2.24, 2.45) is 0 Å². The molecule has 1 atom stereocenters. The minimum atomic E-state index is -6.35. The molecule has 0 aliphatic rings. The van der Waals surface area contributed by atoms with E-state index in [1.807, 2.05) is 0 Å². The summed E-state index contributed by atoms with van der Waals surface area (Å²) < 4.78 is 95.5. The number of ether oxygens (including phenoxy) is 1. The van der Waals surface area contributed by atoms with Crippen LogP contribution in [0.25, 0.3) is 0 Å². The first-order valence-corrected chi connectivity index (χ1v) is 2.75. The van der Waals surface area contributed by atoms with E-state index in [4.69, 9.17) is 0 Å². The Balaban J connectivity index is 5.10. The van der Waals surface area contributed by atoms with Crippen molar-refractivity contribution in [1.82, 2.24) is 0 Å². The molecule has 0 saturated heterocycles. The zero-order valence-electron chi connectivity index (χ0n) is 6.05. The van der Waals surface area contributed by atoms with Crippen LogP contribution in [0.1, 0.15) is 0 Å². The summed E-state index contributed by atoms with van der Waals surface area (Å²) in [4.78, 5) is 1.46. The van der Waals surface area contributed by atoms with E-state index in [-0.39, 0.29) is 0 Å². The van der Waals surface area contributed by atoms with Crippen LogP contribution >= 0.6 is 0 Å². The maximum atomic E-state index is 12.4. The average Bonchev–Trinajstić information content (AvgIpc) is 2.02. The van der Waals surface area contributed by atoms with Crippen molar-refractivity contribution >= 4 is 0 Å². The van der Waals surface area contributed by atoms with Gasteiger partial charge in [-0.2, -0.15) is 26.3 Å². The summed E-state index contributed by atoms with van der Waals surface area (Å²) in [5.74, 6) is -5.87. The van der Waals surface area contributed by atoms with E-state index in [1.54, 1.807) is 0 Å². The fourth-order valence-corrected chi connectivity index (χ4v) is 0.456. The molecule has 0 spiro atoms. The summed E-state index contributed by atoms with van der Waals surface area (Å²) in [5.41, 5.74) is 0. The highest BCUT2D eigenvalue weighted by Gasteiger charge is 2.75. The molecule has 0 radical (unpaired) electrons. The summed E-state index contributed by atoms with van der Waals surface area (Å²) in [6.07, 6.45) is -12.3. The smallest absolute Gasteiger partial charge is 0.300 e. The van der Waals surface area contributed by atoms with Crippen LogP contribution in [0.3, 0.4) is 0 Å². The topological polar surface area (TPSA) is 18.5 Å². The van der Waals surface area contributed by atoms with Gasteiger partial charge in [-0.05, 0) is 4.53 Å². The van der Waals surface area contributed by atoms with Crippen LogP contribution in [0, 0.1) is 0 Å². The minimum Gasteiger partial charge on any atom is -0.300 e. The molecule has 0 aliphatic heterocycles. The molecule has 14 heavy (non-hydrogen) atoms. The first kappa shape index (κ1) is 13.4. The SMILES string of the molecule is FCOC(F)(C(F)(F)F)C(F)(F)OF. The highest BCUT2D eigenvalue weighted by Crippen LogP contribution is 2.46. The monoisotopic (exact) mass is 234 g/mol. The number of hydrogen-bond donors (Lipinski definition) is 0. The molecule has 0 aliphatic carbocycles. The lowest BCUT2D eigenvalue weighted by molar-refractivity contribution is -0.500. The fraction of sp³-hybridized carbons (Fsp3) is 1.00. The highest BCUT2D eigenvalue weighted by atomic mass is 19.4. The van der Waals surface area contributed by atoms with Gasteiger partial charge in [0.25, 0.3) is 0 Å². The van der Waals surface area contributed by atoms with E-state index in [0.29, 0.717) is 0 Å². The first-order chi connectivity index (χ1) is 6.12. The molecule has 0 heterocycles. The van der Waals surface area contributed by atoms with Gasteiger partial charge in [-0.3, -0.25) is 4.74 Å². The first-order valence-electron chi connectivity index (χ1n) is 2.75. The van der Waals surface area contributed by atoms with Crippen molar-refractivity contribution in [3.63, 3.8) is 0 Å². The van der Waals surface area contributed by atoms with Crippen molar-refractivity contribution in [2.75, 3.05) is 6.86 Å². The lowest BCUT2D eigenvalue weighted by Crippen LogP contribution is -2.57. The molecule has 0 saturated carbocycles. The Bertz CT molecular complexity index is 190. The Hall–Kier alpha value is -0.640. The standard InChI is InChI=1S/C4H2F8O2/c5-1-13-2(6,3(7,8)9)4(10,11)14-12/h1H2. The van der Waals surface area contributed by atoms with Crippen molar-refractivity contribution in [1.29, 1.82) is 0 Å². The lowest BCUT2D eigenvalue weighted by Gasteiger charge is -2.29. The van der Waals surface area contributed by atoms with Crippen LogP contribution in [-0.4, -0.2) is 25.0 Å². The Morgan fingerprint density at radius 3 is 1.57 bits per heavy atom. The van der Waals surface area contributed by atoms with E-state index in [9.17, 15) is 35.3 Å². The van der Waals surface area contributed by atoms with Gasteiger partial charge >= 0.3 is 18.1 Å². The summed E-state index contributed by atoms with van der Waals surface area (Å²) in [6.45, 7) is -2.53. The van der Waals surface area contributed by atoms with Gasteiger partial charge in [0.05, 0.1) is 0 Å². The summed E-state index contributed by atoms with van der Waals surface area (Å²) >= 11 is 0. The Kier molecular flexibility index (Phi) is 3.67. The molecule has 86 valence electrons. The third-order valence-corrected chi connectivity index (χ3v) is 1.09. The van der Waals surface area contributed by atoms with E-state index in [1.165, 1.54) is 4.94 Å². The van der Waals surface area contributed by atoms with Crippen molar-refractivity contribution in [2.45, 2.75) is 18.1 Å². The summed E-state index contributed by atoms with van der Waals surface area (Å²) in [5, 5.41) is 0. The zero-order valence-corrected chi connectivity index (χ0v) is 6.05. The Labute approximate surface area is 71.3 Å². The van der Waals surface area contributed by atoms with E-state index in [0.717, 1.165) is 0 Å². The maximum absolute atomic E-state index is 12.4. The largest absolute Gasteiger partial charge is 0.458 e. The van der Waals surface area contributed by atoms with E-state index in [2.05, 4.69) is 4.74 Å². The fourth-order valence-electron chi connectivity index (χ4n) is 0.456. The second-order valence-corrected chi connectivity index (χ2v) is 1.94. The summed E-state index contributed by atoms with van der Waals surface area (Å²) in [6, 6.07) is 0. The van der Waals surface area contributed by atoms with Crippen LogP contribution in [0.5, 0.6) is 0 Å². The highest BCUT2D eigenvalue weighted by molar-refractivity contribution is 4.85. The van der Waals surface area contributed by atoms with Crippen molar-refractivity contribution in [3.8, 4) is 0 Å². The second kappa shape index (κ2) is 3.85. The molecule has 0 aromatic heterocycles. The molecule has 0 aromatic carbocycles. The van der Waals surface area contributed by atoms with Gasteiger partial charge in [-0.1, -0.05) is 0 Å². The van der Waals surface area contributed by atoms with Gasteiger partial charge in [-0.25, -0.2) is 4.39 Å². The lowest BCUT2D eigenvalue weighted by atomic mass is 10.3. The van der Waals surface area contributed by atoms with Crippen LogP contribution in [0.15, 0.2) is 0 Å². The van der Waals surface area contributed by atoms with Gasteiger partial charge in [0.2, 0.25) is 0 Å². The molecule has 0 N–H and O–H groups in total. The van der Waals surface area contributed by atoms with Gasteiger partial charge in [0.15, 0.2) is 6.86 Å². The van der Waals surface area contributed by atoms with Crippen LogP contribution < -0.4 is 0 Å². The number of rotatable bonds is 4. The molecule has 0 amide bonds. The molecule has 0 fully saturated rings. The zero-order chi connectivity index (χ0) is 11.6. The molecular weight excluding hydrogens is 232 g/mol. The van der Waals surface area contributed by atoms with Crippen molar-refractivity contribution in [3.05, 3.63) is 0 Å². The van der Waals surface area contributed by atoms with E-state index < -0.39 is 25.0 Å². The summed E-state index contributed by atoms with van der Waals surface area (Å²) in [7, 11) is 0. The molecule has 1 unspecified atom stereocenters. The minimum absolute atomic E-state index is 1.46. The third kappa shape index (κ3) is 2.05. The molecule has 0 aromatic rings. The molecular formula is C4H2F8O2. The number of alkyl halides is 7. The van der Waals surface area contributed by atoms with Crippen LogP contribution in [-0.2, 0) is 9.68 Å². The maximum Gasteiger partial charge on any atom is 0.458 e. The Morgan fingerprint density at radius 1 is 0.929 bits per heavy atom. The van der Waals surface area contributed by atoms with Gasteiger partial charge in [0.1, 0.15) is 0 Å². The molecule has 2 nitrogen and oxygen atoms in total. The van der Waals surface area contributed by atoms with Gasteiger partial charge in [-0.15, -0.1) is 4.94 Å². The van der Waals surface area contributed by atoms with Gasteiger partial charge in [0, 0.05) is 0 Å². The normalized spacial score (nSPS) is 18.0. The quantitative estimate of drug-likeness (QED) is 0.696. The van der Waals surface area contributed by atoms with Crippen LogP contribution in [0.2, 0.25) is 0 Å². The average molecular weight is 234 g/mol. The molecule has 0 bridgehead atoms. The third-order valence-electron chi connectivity index (χ3n) is 1.09. The Morgan fingerprint density at radius 2 is 1.36 bits per heavy atom. The van der Waals surface area contributed by atoms with Gasteiger partial charge < -0.3 is 0 Å². The van der Waals surface area contributed by atoms with Crippen LogP contribution in [0.4, 0.5) is 35.3 Å².